The molecule has 1 N–H and O–H groups in total. The second-order valence-electron chi connectivity index (χ2n) is 7.04. The van der Waals surface area contributed by atoms with E-state index in [1.165, 1.54) is 4.90 Å². The second kappa shape index (κ2) is 5.92. The number of carboxylic acid groups (broad SMARTS) is 1. The molecule has 2 aliphatic heterocycles. The van der Waals surface area contributed by atoms with E-state index in [9.17, 15) is 19.5 Å². The van der Waals surface area contributed by atoms with Crippen molar-refractivity contribution in [3.05, 3.63) is 29.8 Å². The first-order valence-electron chi connectivity index (χ1n) is 8.22. The topological polar surface area (TPSA) is 77.9 Å². The first-order valence-corrected chi connectivity index (χ1v) is 8.22. The maximum Gasteiger partial charge on any atom is 0.311 e. The second-order valence-corrected chi connectivity index (χ2v) is 7.04. The molecule has 1 aromatic rings. The van der Waals surface area contributed by atoms with Crippen molar-refractivity contribution in [3.63, 3.8) is 0 Å². The molecule has 1 aromatic carbocycles. The maximum atomic E-state index is 12.7. The number of likely N-dealkylation sites (tertiary alicyclic amines) is 1. The average Bonchev–Trinajstić information content (AvgIpc) is 3.12. The van der Waals surface area contributed by atoms with Crippen molar-refractivity contribution in [2.24, 2.45) is 11.3 Å². The summed E-state index contributed by atoms with van der Waals surface area (Å²) < 4.78 is 0. The van der Waals surface area contributed by atoms with E-state index in [4.69, 9.17) is 0 Å². The smallest absolute Gasteiger partial charge is 0.311 e. The zero-order valence-corrected chi connectivity index (χ0v) is 14.0. The van der Waals surface area contributed by atoms with Crippen LogP contribution in [0.3, 0.4) is 0 Å². The first-order chi connectivity index (χ1) is 11.3. The van der Waals surface area contributed by atoms with Crippen LogP contribution in [0.2, 0.25) is 0 Å². The van der Waals surface area contributed by atoms with E-state index in [-0.39, 0.29) is 18.4 Å². The van der Waals surface area contributed by atoms with Crippen molar-refractivity contribution in [2.45, 2.75) is 26.7 Å². The van der Waals surface area contributed by atoms with Crippen LogP contribution in [0.4, 0.5) is 5.69 Å². The summed E-state index contributed by atoms with van der Waals surface area (Å²) in [5.41, 5.74) is 1.01. The number of aliphatic carboxylic acids is 1. The van der Waals surface area contributed by atoms with Crippen LogP contribution in [0.5, 0.6) is 0 Å². The molecule has 0 unspecified atom stereocenters. The highest BCUT2D eigenvalue weighted by Crippen LogP contribution is 2.33. The summed E-state index contributed by atoms with van der Waals surface area (Å²) in [6.07, 6.45) is 0.905. The third kappa shape index (κ3) is 2.77. The molecule has 6 heteroatoms. The SMILES string of the molecule is Cc1ccc(N2CC[C@@H](C(=O)N3CC[C@@](C)(C(=O)O)C3)C2=O)cc1. The standard InChI is InChI=1S/C18H22N2O4/c1-12-3-5-13(6-4-12)20-9-7-14(16(20)22)15(21)19-10-8-18(2,11-19)17(23)24/h3-6,14H,7-11H2,1-2H3,(H,23,24)/t14-,18+/m0/s1. The van der Waals surface area contributed by atoms with Gasteiger partial charge in [0.1, 0.15) is 5.92 Å². The lowest BCUT2D eigenvalue weighted by molar-refractivity contribution is -0.147. The number of aryl methyl sites for hydroxylation is 1. The largest absolute Gasteiger partial charge is 0.481 e. The molecule has 2 amide bonds. The number of carboxylic acids is 1. The molecule has 2 saturated heterocycles. The third-order valence-corrected chi connectivity index (χ3v) is 5.15. The summed E-state index contributed by atoms with van der Waals surface area (Å²) in [4.78, 5) is 39.8. The number of benzene rings is 1. The minimum absolute atomic E-state index is 0.176. The Kier molecular flexibility index (Phi) is 4.07. The molecule has 6 nitrogen and oxygen atoms in total. The summed E-state index contributed by atoms with van der Waals surface area (Å²) in [5, 5.41) is 9.29. The third-order valence-electron chi connectivity index (χ3n) is 5.15. The molecule has 24 heavy (non-hydrogen) atoms. The Balaban J connectivity index is 1.70. The predicted octanol–water partition coefficient (Wildman–Crippen LogP) is 1.67. The molecule has 0 spiro atoms. The van der Waals surface area contributed by atoms with Gasteiger partial charge < -0.3 is 14.9 Å². The van der Waals surface area contributed by atoms with Crippen molar-refractivity contribution in [1.82, 2.24) is 4.90 Å². The normalized spacial score (nSPS) is 26.9. The number of anilines is 1. The minimum Gasteiger partial charge on any atom is -0.481 e. The summed E-state index contributed by atoms with van der Waals surface area (Å²) in [6, 6.07) is 7.65. The van der Waals surface area contributed by atoms with E-state index >= 15 is 0 Å². The van der Waals surface area contributed by atoms with Crippen LogP contribution in [-0.2, 0) is 14.4 Å². The molecule has 0 aliphatic carbocycles. The molecule has 2 heterocycles. The summed E-state index contributed by atoms with van der Waals surface area (Å²) in [6.45, 7) is 4.72. The van der Waals surface area contributed by atoms with Crippen molar-refractivity contribution < 1.29 is 19.5 Å². The van der Waals surface area contributed by atoms with E-state index in [1.54, 1.807) is 11.8 Å². The van der Waals surface area contributed by atoms with E-state index in [0.717, 1.165) is 11.3 Å². The van der Waals surface area contributed by atoms with Gasteiger partial charge >= 0.3 is 5.97 Å². The molecule has 2 atom stereocenters. The van der Waals surface area contributed by atoms with E-state index in [1.807, 2.05) is 31.2 Å². The van der Waals surface area contributed by atoms with Gasteiger partial charge in [-0.25, -0.2) is 0 Å². The molecular formula is C18H22N2O4. The summed E-state index contributed by atoms with van der Waals surface area (Å²) in [7, 11) is 0. The molecule has 2 fully saturated rings. The monoisotopic (exact) mass is 330 g/mol. The summed E-state index contributed by atoms with van der Waals surface area (Å²) >= 11 is 0. The lowest BCUT2D eigenvalue weighted by Gasteiger charge is -2.22. The van der Waals surface area contributed by atoms with Crippen LogP contribution in [0.1, 0.15) is 25.3 Å². The van der Waals surface area contributed by atoms with Gasteiger partial charge in [-0.15, -0.1) is 0 Å². The van der Waals surface area contributed by atoms with Crippen LogP contribution < -0.4 is 4.90 Å². The molecule has 0 saturated carbocycles. The van der Waals surface area contributed by atoms with Gasteiger partial charge in [-0.2, -0.15) is 0 Å². The molecule has 0 bridgehead atoms. The Morgan fingerprint density at radius 2 is 1.88 bits per heavy atom. The fraction of sp³-hybridized carbons (Fsp3) is 0.500. The number of nitrogens with zero attached hydrogens (tertiary/aromatic N) is 2. The Morgan fingerprint density at radius 1 is 1.21 bits per heavy atom. The van der Waals surface area contributed by atoms with Crippen LogP contribution in [0.25, 0.3) is 0 Å². The Labute approximate surface area is 141 Å². The Bertz CT molecular complexity index is 685. The van der Waals surface area contributed by atoms with Crippen molar-refractivity contribution in [1.29, 1.82) is 0 Å². The van der Waals surface area contributed by atoms with Gasteiger partial charge in [0.2, 0.25) is 11.8 Å². The number of hydrogen-bond donors (Lipinski definition) is 1. The Hall–Kier alpha value is -2.37. The van der Waals surface area contributed by atoms with Crippen molar-refractivity contribution in [2.75, 3.05) is 24.5 Å². The van der Waals surface area contributed by atoms with Crippen LogP contribution >= 0.6 is 0 Å². The fourth-order valence-electron chi connectivity index (χ4n) is 3.43. The molecular weight excluding hydrogens is 308 g/mol. The lowest BCUT2D eigenvalue weighted by Crippen LogP contribution is -2.41. The lowest BCUT2D eigenvalue weighted by atomic mass is 9.90. The highest BCUT2D eigenvalue weighted by atomic mass is 16.4. The first kappa shape index (κ1) is 16.5. The van der Waals surface area contributed by atoms with Gasteiger partial charge in [0.05, 0.1) is 5.41 Å². The number of rotatable bonds is 3. The van der Waals surface area contributed by atoms with Gasteiger partial charge in [-0.05, 0) is 38.8 Å². The Morgan fingerprint density at radius 3 is 2.46 bits per heavy atom. The van der Waals surface area contributed by atoms with Crippen molar-refractivity contribution in [3.8, 4) is 0 Å². The average molecular weight is 330 g/mol. The zero-order chi connectivity index (χ0) is 17.5. The molecule has 0 radical (unpaired) electrons. The molecule has 3 rings (SSSR count). The number of carbonyl (C=O) groups excluding carboxylic acids is 2. The van der Waals surface area contributed by atoms with E-state index in [0.29, 0.717) is 25.9 Å². The quantitative estimate of drug-likeness (QED) is 0.855. The predicted molar refractivity (Wildman–Crippen MR) is 88.6 cm³/mol. The fourth-order valence-corrected chi connectivity index (χ4v) is 3.43. The maximum absolute atomic E-state index is 12.7. The highest BCUT2D eigenvalue weighted by molar-refractivity contribution is 6.09. The molecule has 128 valence electrons. The van der Waals surface area contributed by atoms with Crippen LogP contribution in [0.15, 0.2) is 24.3 Å². The zero-order valence-electron chi connectivity index (χ0n) is 14.0. The van der Waals surface area contributed by atoms with Gasteiger partial charge in [-0.3, -0.25) is 14.4 Å². The molecule has 0 aromatic heterocycles. The summed E-state index contributed by atoms with van der Waals surface area (Å²) in [5.74, 6) is -2.01. The highest BCUT2D eigenvalue weighted by Gasteiger charge is 2.46. The molecule has 2 aliphatic rings. The van der Waals surface area contributed by atoms with Gasteiger partial charge in [0.15, 0.2) is 0 Å². The number of carbonyl (C=O) groups is 3. The van der Waals surface area contributed by atoms with Gasteiger partial charge in [0.25, 0.3) is 0 Å². The van der Waals surface area contributed by atoms with Gasteiger partial charge in [0, 0.05) is 25.3 Å². The number of amides is 2. The van der Waals surface area contributed by atoms with Crippen molar-refractivity contribution >= 4 is 23.5 Å². The van der Waals surface area contributed by atoms with E-state index < -0.39 is 17.3 Å². The van der Waals surface area contributed by atoms with Crippen LogP contribution in [-0.4, -0.2) is 47.4 Å². The number of hydrogen-bond acceptors (Lipinski definition) is 3. The van der Waals surface area contributed by atoms with Crippen LogP contribution in [0, 0.1) is 18.3 Å². The minimum atomic E-state index is -0.909. The van der Waals surface area contributed by atoms with E-state index in [2.05, 4.69) is 0 Å². The van der Waals surface area contributed by atoms with Gasteiger partial charge in [-0.1, -0.05) is 17.7 Å².